The Hall–Kier alpha value is -2.15. The van der Waals surface area contributed by atoms with Crippen LogP contribution in [0.2, 0.25) is 10.0 Å². The fourth-order valence-corrected chi connectivity index (χ4v) is 2.70. The van der Waals surface area contributed by atoms with Crippen LogP contribution in [0.3, 0.4) is 0 Å². The molecule has 0 radical (unpaired) electrons. The molecule has 122 valence electrons. The third-order valence-corrected chi connectivity index (χ3v) is 3.92. The number of allylic oxidation sites excluding steroid dienone is 1. The van der Waals surface area contributed by atoms with Crippen LogP contribution in [-0.2, 0) is 0 Å². The summed E-state index contributed by atoms with van der Waals surface area (Å²) < 4.78 is 7.13. The van der Waals surface area contributed by atoms with E-state index >= 15 is 0 Å². The summed E-state index contributed by atoms with van der Waals surface area (Å²) >= 11 is 17.4. The van der Waals surface area contributed by atoms with Gasteiger partial charge < -0.3 is 4.42 Å². The minimum atomic E-state index is 0.359. The Balaban J connectivity index is 1.96. The molecule has 0 amide bonds. The van der Waals surface area contributed by atoms with Gasteiger partial charge in [-0.1, -0.05) is 23.2 Å². The maximum absolute atomic E-state index is 6.24. The van der Waals surface area contributed by atoms with Crippen LogP contribution in [0.5, 0.6) is 0 Å². The van der Waals surface area contributed by atoms with Crippen molar-refractivity contribution in [3.63, 3.8) is 0 Å². The molecule has 8 heteroatoms. The molecule has 3 aromatic rings. The second-order valence-electron chi connectivity index (χ2n) is 4.94. The molecule has 2 aromatic heterocycles. The number of rotatable bonds is 4. The third kappa shape index (κ3) is 3.67. The molecule has 2 heterocycles. The number of hydrogen-bond acceptors (Lipinski definition) is 4. The highest BCUT2D eigenvalue weighted by molar-refractivity contribution is 7.71. The van der Waals surface area contributed by atoms with E-state index < -0.39 is 0 Å². The topological polar surface area (TPSA) is 59.1 Å². The lowest BCUT2D eigenvalue weighted by atomic mass is 10.2. The Morgan fingerprint density at radius 1 is 1.38 bits per heavy atom. The fourth-order valence-electron chi connectivity index (χ4n) is 2.03. The van der Waals surface area contributed by atoms with Gasteiger partial charge in [-0.3, -0.25) is 0 Å². The minimum absolute atomic E-state index is 0.359. The zero-order valence-corrected chi connectivity index (χ0v) is 14.9. The lowest BCUT2D eigenvalue weighted by Crippen LogP contribution is -1.95. The van der Waals surface area contributed by atoms with Crippen LogP contribution in [0.25, 0.3) is 17.5 Å². The maximum Gasteiger partial charge on any atom is 0.216 e. The second-order valence-corrected chi connectivity index (χ2v) is 6.17. The molecule has 0 bridgehead atoms. The quantitative estimate of drug-likeness (QED) is 0.485. The molecule has 0 fully saturated rings. The standard InChI is InChI=1S/C16H12Cl2N4OS/c1-10(7-12-3-2-6-23-12)9-19-22-15(20-21-16(22)24)13-5-4-11(17)8-14(13)18/h2-9H,1H3,(H,21,24). The van der Waals surface area contributed by atoms with E-state index in [2.05, 4.69) is 15.3 Å². The number of hydrogen-bond donors (Lipinski definition) is 1. The van der Waals surface area contributed by atoms with Crippen molar-refractivity contribution in [3.8, 4) is 11.4 Å². The van der Waals surface area contributed by atoms with Gasteiger partial charge in [-0.15, -0.1) is 0 Å². The summed E-state index contributed by atoms with van der Waals surface area (Å²) in [6.07, 6.45) is 5.15. The number of halogens is 2. The molecule has 0 saturated carbocycles. The van der Waals surface area contributed by atoms with Crippen molar-refractivity contribution in [2.24, 2.45) is 5.10 Å². The Kier molecular flexibility index (Phi) is 4.99. The molecular formula is C16H12Cl2N4OS. The van der Waals surface area contributed by atoms with Crippen molar-refractivity contribution in [2.75, 3.05) is 0 Å². The number of H-pyrrole nitrogens is 1. The first-order valence-electron chi connectivity index (χ1n) is 6.93. The van der Waals surface area contributed by atoms with Gasteiger partial charge in [0.25, 0.3) is 0 Å². The Bertz CT molecular complexity index is 970. The van der Waals surface area contributed by atoms with E-state index in [9.17, 15) is 0 Å². The molecule has 0 aliphatic heterocycles. The highest BCUT2D eigenvalue weighted by Gasteiger charge is 2.12. The summed E-state index contributed by atoms with van der Waals surface area (Å²) in [6.45, 7) is 1.91. The van der Waals surface area contributed by atoms with Crippen LogP contribution in [0.4, 0.5) is 0 Å². The number of nitrogens with zero attached hydrogens (tertiary/aromatic N) is 3. The largest absolute Gasteiger partial charge is 0.465 e. The lowest BCUT2D eigenvalue weighted by Gasteiger charge is -2.04. The van der Waals surface area contributed by atoms with Crippen LogP contribution in [-0.4, -0.2) is 21.1 Å². The zero-order chi connectivity index (χ0) is 17.1. The predicted molar refractivity (Wildman–Crippen MR) is 99.1 cm³/mol. The van der Waals surface area contributed by atoms with E-state index in [-0.39, 0.29) is 0 Å². The van der Waals surface area contributed by atoms with E-state index in [0.717, 1.165) is 11.3 Å². The molecule has 0 aliphatic rings. The molecule has 1 N–H and O–H groups in total. The summed E-state index contributed by atoms with van der Waals surface area (Å²) in [6, 6.07) is 8.83. The normalized spacial score (nSPS) is 12.2. The molecule has 0 unspecified atom stereocenters. The van der Waals surface area contributed by atoms with E-state index in [0.29, 0.717) is 26.2 Å². The molecule has 0 saturated heterocycles. The van der Waals surface area contributed by atoms with Gasteiger partial charge in [0, 0.05) is 10.6 Å². The van der Waals surface area contributed by atoms with Crippen molar-refractivity contribution in [3.05, 3.63) is 62.7 Å². The Morgan fingerprint density at radius 3 is 2.92 bits per heavy atom. The van der Waals surface area contributed by atoms with Crippen LogP contribution >= 0.6 is 35.4 Å². The number of benzene rings is 1. The van der Waals surface area contributed by atoms with Crippen LogP contribution < -0.4 is 0 Å². The van der Waals surface area contributed by atoms with Gasteiger partial charge in [-0.25, -0.2) is 5.10 Å². The SMILES string of the molecule is CC(C=Nn1c(-c2ccc(Cl)cc2Cl)n[nH]c1=S)=Cc1ccco1. The van der Waals surface area contributed by atoms with Crippen molar-refractivity contribution < 1.29 is 4.42 Å². The molecule has 5 nitrogen and oxygen atoms in total. The van der Waals surface area contributed by atoms with Gasteiger partial charge in [-0.2, -0.15) is 14.9 Å². The minimum Gasteiger partial charge on any atom is -0.465 e. The van der Waals surface area contributed by atoms with E-state index in [1.165, 1.54) is 4.68 Å². The van der Waals surface area contributed by atoms with Crippen LogP contribution in [0.1, 0.15) is 12.7 Å². The highest BCUT2D eigenvalue weighted by atomic mass is 35.5. The molecule has 0 atom stereocenters. The van der Waals surface area contributed by atoms with Gasteiger partial charge >= 0.3 is 0 Å². The molecular weight excluding hydrogens is 367 g/mol. The summed E-state index contributed by atoms with van der Waals surface area (Å²) in [4.78, 5) is 0. The number of furan rings is 1. The molecule has 3 rings (SSSR count). The van der Waals surface area contributed by atoms with E-state index in [1.54, 1.807) is 30.7 Å². The molecule has 1 aromatic carbocycles. The highest BCUT2D eigenvalue weighted by Crippen LogP contribution is 2.29. The molecule has 24 heavy (non-hydrogen) atoms. The fraction of sp³-hybridized carbons (Fsp3) is 0.0625. The number of aromatic amines is 1. The van der Waals surface area contributed by atoms with Gasteiger partial charge in [0.05, 0.1) is 17.5 Å². The van der Waals surface area contributed by atoms with E-state index in [1.807, 2.05) is 25.1 Å². The Labute approximate surface area is 153 Å². The predicted octanol–water partition coefficient (Wildman–Crippen LogP) is 5.44. The third-order valence-electron chi connectivity index (χ3n) is 3.11. The average molecular weight is 379 g/mol. The smallest absolute Gasteiger partial charge is 0.216 e. The zero-order valence-electron chi connectivity index (χ0n) is 12.5. The molecule has 0 aliphatic carbocycles. The lowest BCUT2D eigenvalue weighted by molar-refractivity contribution is 0.557. The molecule has 0 spiro atoms. The maximum atomic E-state index is 6.24. The number of aromatic nitrogens is 3. The van der Waals surface area contributed by atoms with Gasteiger partial charge in [0.15, 0.2) is 5.82 Å². The van der Waals surface area contributed by atoms with Crippen LogP contribution in [0, 0.1) is 4.77 Å². The average Bonchev–Trinajstić information content (AvgIpc) is 3.15. The summed E-state index contributed by atoms with van der Waals surface area (Å²) in [5, 5.41) is 12.3. The first-order valence-corrected chi connectivity index (χ1v) is 8.10. The first kappa shape index (κ1) is 16.7. The first-order chi connectivity index (χ1) is 11.5. The summed E-state index contributed by atoms with van der Waals surface area (Å²) in [5.41, 5.74) is 1.57. The van der Waals surface area contributed by atoms with Crippen molar-refractivity contribution in [2.45, 2.75) is 6.92 Å². The van der Waals surface area contributed by atoms with Crippen molar-refractivity contribution >= 4 is 47.7 Å². The van der Waals surface area contributed by atoms with Gasteiger partial charge in [-0.05, 0) is 61.1 Å². The van der Waals surface area contributed by atoms with Crippen LogP contribution in [0.15, 0.2) is 51.7 Å². The van der Waals surface area contributed by atoms with Crippen molar-refractivity contribution in [1.82, 2.24) is 14.9 Å². The van der Waals surface area contributed by atoms with E-state index in [4.69, 9.17) is 39.8 Å². The summed E-state index contributed by atoms with van der Waals surface area (Å²) in [5.74, 6) is 1.25. The number of nitrogens with one attached hydrogen (secondary N) is 1. The monoisotopic (exact) mass is 378 g/mol. The summed E-state index contributed by atoms with van der Waals surface area (Å²) in [7, 11) is 0. The Morgan fingerprint density at radius 2 is 2.21 bits per heavy atom. The van der Waals surface area contributed by atoms with Gasteiger partial charge in [0.1, 0.15) is 5.76 Å². The van der Waals surface area contributed by atoms with Crippen molar-refractivity contribution in [1.29, 1.82) is 0 Å². The second kappa shape index (κ2) is 7.17. The van der Waals surface area contributed by atoms with Gasteiger partial charge in [0.2, 0.25) is 4.77 Å².